The molecule has 0 saturated heterocycles. The second-order valence-electron chi connectivity index (χ2n) is 0.711. The Balaban J connectivity index is -0.000000125. The van der Waals surface area contributed by atoms with E-state index in [1.54, 1.807) is 0 Å². The van der Waals surface area contributed by atoms with Crippen molar-refractivity contribution in [3.63, 3.8) is 0 Å². The van der Waals surface area contributed by atoms with Crippen molar-refractivity contribution in [2.24, 2.45) is 0 Å². The summed E-state index contributed by atoms with van der Waals surface area (Å²) in [6.07, 6.45) is 0. The zero-order valence-corrected chi connectivity index (χ0v) is 6.64. The summed E-state index contributed by atoms with van der Waals surface area (Å²) in [4.78, 5) is 0. The van der Waals surface area contributed by atoms with Crippen LogP contribution in [0.15, 0.2) is 0 Å². The molecule has 0 aromatic carbocycles. The Hall–Kier alpha value is 0.870. The van der Waals surface area contributed by atoms with Crippen LogP contribution in [0, 0.1) is 0 Å². The minimum absolute atomic E-state index is 0. The van der Waals surface area contributed by atoms with Gasteiger partial charge in [-0.2, -0.15) is 8.42 Å². The van der Waals surface area contributed by atoms with Crippen LogP contribution in [0.3, 0.4) is 0 Å². The molecule has 0 amide bonds. The zero-order chi connectivity index (χ0) is 5.21. The van der Waals surface area contributed by atoms with Gasteiger partial charge >= 0.3 is 29.6 Å². The fourth-order valence-corrected chi connectivity index (χ4v) is 0. The normalized spacial score (nSPS) is 10.0. The average molecular weight is 136 g/mol. The van der Waals surface area contributed by atoms with E-state index in [2.05, 4.69) is 0 Å². The first-order valence-corrected chi connectivity index (χ1v) is 2.73. The van der Waals surface area contributed by atoms with Crippen LogP contribution in [0.1, 0.15) is 1.43 Å². The summed E-state index contributed by atoms with van der Waals surface area (Å²) in [5.74, 6) is -1.20. The molecule has 40 valence electrons. The molecule has 0 heterocycles. The van der Waals surface area contributed by atoms with Gasteiger partial charge in [0.1, 0.15) is 0 Å². The van der Waals surface area contributed by atoms with Crippen LogP contribution in [0.5, 0.6) is 0 Å². The van der Waals surface area contributed by atoms with Gasteiger partial charge < -0.3 is 6.53 Å². The van der Waals surface area contributed by atoms with E-state index in [1.165, 1.54) is 0 Å². The van der Waals surface area contributed by atoms with Gasteiger partial charge in [0.2, 0.25) is 0 Å². The van der Waals surface area contributed by atoms with Crippen LogP contribution in [0.25, 0.3) is 0 Å². The van der Waals surface area contributed by atoms with Gasteiger partial charge in [0, 0.05) is 0 Å². The van der Waals surface area contributed by atoms with Gasteiger partial charge in [0.05, 0.1) is 0 Å². The molecular weight excluding hydrogens is 131 g/mol. The summed E-state index contributed by atoms with van der Waals surface area (Å²) in [6, 6.07) is 0. The first-order chi connectivity index (χ1) is 2.56. The van der Waals surface area contributed by atoms with E-state index in [0.29, 0.717) is 0 Å². The Morgan fingerprint density at radius 1 is 1.57 bits per heavy atom. The Morgan fingerprint density at radius 3 is 1.71 bits per heavy atom. The molecule has 0 aliphatic rings. The summed E-state index contributed by atoms with van der Waals surface area (Å²) in [5.41, 5.74) is 0. The molecule has 0 unspecified atom stereocenters. The molecule has 0 aliphatic carbocycles. The van der Waals surface area contributed by atoms with E-state index < -0.39 is 16.1 Å². The summed E-state index contributed by atoms with van der Waals surface area (Å²) in [5, 5.41) is 7.56. The molecule has 0 bridgehead atoms. The van der Waals surface area contributed by atoms with Gasteiger partial charge in [-0.1, -0.05) is 0 Å². The molecule has 7 heavy (non-hydrogen) atoms. The topological polar surface area (TPSA) is 74.6 Å². The van der Waals surface area contributed by atoms with Crippen molar-refractivity contribution in [1.82, 2.24) is 0 Å². The predicted molar refractivity (Wildman–Crippen MR) is 19.7 cm³/mol. The first kappa shape index (κ1) is 10.8. The Kier molecular flexibility index (Phi) is 5.89. The molecule has 0 radical (unpaired) electrons. The van der Waals surface area contributed by atoms with Crippen molar-refractivity contribution in [2.75, 3.05) is 5.94 Å². The zero-order valence-electron chi connectivity index (χ0n) is 4.83. The molecule has 0 atom stereocenters. The van der Waals surface area contributed by atoms with Gasteiger partial charge in [0.15, 0.2) is 5.94 Å². The summed E-state index contributed by atoms with van der Waals surface area (Å²) in [7, 11) is -4.11. The molecule has 0 saturated carbocycles. The minimum atomic E-state index is -4.11. The smallest absolute Gasteiger partial charge is 1.00 e. The first-order valence-electron chi connectivity index (χ1n) is 1.12. The van der Waals surface area contributed by atoms with Crippen LogP contribution >= 0.6 is 0 Å². The maximum Gasteiger partial charge on any atom is 1.00 e. The Bertz CT molecular complexity index is 118. The third-order valence-electron chi connectivity index (χ3n) is 0.163. The third kappa shape index (κ3) is 10.9. The van der Waals surface area contributed by atoms with E-state index in [0.717, 1.165) is 0 Å². The monoisotopic (exact) mass is 136 g/mol. The molecule has 2 N–H and O–H groups in total. The van der Waals surface area contributed by atoms with Gasteiger partial charge in [-0.3, -0.25) is 4.55 Å². The minimum Gasteiger partial charge on any atom is -1.00 e. The van der Waals surface area contributed by atoms with E-state index >= 15 is 0 Å². The largest absolute Gasteiger partial charge is 1.00 e. The molecular formula is CH5NaO4S. The van der Waals surface area contributed by atoms with Gasteiger partial charge in [0.25, 0.3) is 10.1 Å². The molecule has 0 fully saturated rings. The fourth-order valence-electron chi connectivity index (χ4n) is 0. The van der Waals surface area contributed by atoms with E-state index in [-0.39, 0.29) is 31.0 Å². The molecule has 6 heteroatoms. The number of rotatable bonds is 1. The molecule has 0 aromatic rings. The maximum atomic E-state index is 9.31. The average Bonchev–Trinajstić information content (AvgIpc) is 1.35. The summed E-state index contributed by atoms with van der Waals surface area (Å²) >= 11 is 0. The summed E-state index contributed by atoms with van der Waals surface area (Å²) < 4.78 is 26.2. The second kappa shape index (κ2) is 3.82. The number of aliphatic hydroxyl groups excluding tert-OH is 1. The molecule has 0 rings (SSSR count). The van der Waals surface area contributed by atoms with Crippen molar-refractivity contribution in [3.05, 3.63) is 0 Å². The number of hydrogen-bond acceptors (Lipinski definition) is 3. The van der Waals surface area contributed by atoms with E-state index in [9.17, 15) is 8.42 Å². The van der Waals surface area contributed by atoms with Crippen LogP contribution in [0.2, 0.25) is 0 Å². The quantitative estimate of drug-likeness (QED) is 0.284. The van der Waals surface area contributed by atoms with Gasteiger partial charge in [-0.05, 0) is 0 Å². The van der Waals surface area contributed by atoms with Crippen molar-refractivity contribution >= 4 is 10.1 Å². The Labute approximate surface area is 65.1 Å². The number of hydrogen-bond donors (Lipinski definition) is 2. The third-order valence-corrected chi connectivity index (χ3v) is 0.489. The predicted octanol–water partition coefficient (Wildman–Crippen LogP) is -4.06. The van der Waals surface area contributed by atoms with Crippen molar-refractivity contribution < 1.29 is 49.1 Å². The standard InChI is InChI=1S/CH4O4S.Na.H/c2-1-6(3,4)5;;/h2H,1H2,(H,3,4,5);;/q;+1;-1. The van der Waals surface area contributed by atoms with Crippen molar-refractivity contribution in [2.45, 2.75) is 0 Å². The van der Waals surface area contributed by atoms with Gasteiger partial charge in [-0.25, -0.2) is 0 Å². The molecule has 0 spiro atoms. The molecule has 0 aliphatic heterocycles. The van der Waals surface area contributed by atoms with Crippen LogP contribution in [-0.2, 0) is 10.1 Å². The summed E-state index contributed by atoms with van der Waals surface area (Å²) in [6.45, 7) is 0. The van der Waals surface area contributed by atoms with E-state index in [4.69, 9.17) is 9.66 Å². The fraction of sp³-hybridized carbons (Fsp3) is 1.00. The Morgan fingerprint density at radius 2 is 1.71 bits per heavy atom. The number of aliphatic hydroxyl groups is 1. The van der Waals surface area contributed by atoms with Gasteiger partial charge in [-0.15, -0.1) is 0 Å². The SMILES string of the molecule is O=S(=O)(O)CO.[H-].[Na+]. The van der Waals surface area contributed by atoms with E-state index in [1.807, 2.05) is 0 Å². The molecule has 4 nitrogen and oxygen atoms in total. The van der Waals surface area contributed by atoms with Crippen LogP contribution in [0.4, 0.5) is 0 Å². The second-order valence-corrected chi connectivity index (χ2v) is 2.13. The van der Waals surface area contributed by atoms with Crippen molar-refractivity contribution in [1.29, 1.82) is 0 Å². The van der Waals surface area contributed by atoms with Crippen molar-refractivity contribution in [3.8, 4) is 0 Å². The van der Waals surface area contributed by atoms with Crippen LogP contribution < -0.4 is 29.6 Å². The maximum absolute atomic E-state index is 9.31. The molecule has 0 aromatic heterocycles. The van der Waals surface area contributed by atoms with Crippen LogP contribution in [-0.4, -0.2) is 24.0 Å².